The number of hydrogen-bond acceptors (Lipinski definition) is 5. The topological polar surface area (TPSA) is 101 Å². The van der Waals surface area contributed by atoms with Crippen molar-refractivity contribution < 1.29 is 32.6 Å². The Hall–Kier alpha value is -4.08. The van der Waals surface area contributed by atoms with Gasteiger partial charge in [-0.15, -0.1) is 0 Å². The number of rotatable bonds is 5. The number of hydrogen-bond donors (Lipinski definition) is 3. The first-order valence-corrected chi connectivity index (χ1v) is 8.81. The van der Waals surface area contributed by atoms with E-state index in [1.165, 1.54) is 49.7 Å². The van der Waals surface area contributed by atoms with E-state index >= 15 is 0 Å². The van der Waals surface area contributed by atoms with Gasteiger partial charge in [-0.1, -0.05) is 6.07 Å². The fourth-order valence-electron chi connectivity index (χ4n) is 2.63. The Kier molecular flexibility index (Phi) is 6.10. The number of benzene rings is 2. The number of nitrogens with one attached hydrogen (secondary N) is 2. The number of anilines is 2. The van der Waals surface area contributed by atoms with Crippen LogP contribution in [0.4, 0.5) is 24.5 Å². The van der Waals surface area contributed by atoms with Crippen LogP contribution in [0.2, 0.25) is 0 Å². The number of carbonyl (C=O) groups is 2. The van der Waals surface area contributed by atoms with E-state index in [0.717, 1.165) is 18.2 Å². The molecule has 2 amide bonds. The van der Waals surface area contributed by atoms with Gasteiger partial charge in [-0.25, -0.2) is 4.98 Å². The molecule has 160 valence electrons. The highest BCUT2D eigenvalue weighted by Gasteiger charge is 2.30. The molecular weight excluding hydrogens is 415 g/mol. The number of nitrogens with zero attached hydrogens (tertiary/aromatic N) is 1. The molecule has 0 radical (unpaired) electrons. The molecule has 7 nitrogen and oxygen atoms in total. The van der Waals surface area contributed by atoms with Crippen LogP contribution in [0.1, 0.15) is 26.4 Å². The molecule has 0 fully saturated rings. The number of pyridine rings is 1. The molecule has 31 heavy (non-hydrogen) atoms. The molecule has 2 aromatic carbocycles. The first-order valence-electron chi connectivity index (χ1n) is 8.81. The Labute approximate surface area is 174 Å². The predicted octanol–water partition coefficient (Wildman–Crippen LogP) is 4.32. The van der Waals surface area contributed by atoms with E-state index in [0.29, 0.717) is 11.4 Å². The lowest BCUT2D eigenvalue weighted by molar-refractivity contribution is -0.137. The smallest absolute Gasteiger partial charge is 0.416 e. The maximum atomic E-state index is 12.8. The Morgan fingerprint density at radius 2 is 1.58 bits per heavy atom. The van der Waals surface area contributed by atoms with Gasteiger partial charge in [-0.3, -0.25) is 9.59 Å². The third-order valence-electron chi connectivity index (χ3n) is 4.17. The van der Waals surface area contributed by atoms with Gasteiger partial charge < -0.3 is 20.5 Å². The third kappa shape index (κ3) is 5.10. The van der Waals surface area contributed by atoms with Gasteiger partial charge in [-0.05, 0) is 42.5 Å². The molecule has 3 aromatic rings. The highest BCUT2D eigenvalue weighted by molar-refractivity contribution is 6.06. The van der Waals surface area contributed by atoms with Crippen molar-refractivity contribution in [2.24, 2.45) is 0 Å². The molecule has 1 heterocycles. The van der Waals surface area contributed by atoms with Crippen LogP contribution < -0.4 is 15.4 Å². The van der Waals surface area contributed by atoms with E-state index < -0.39 is 29.3 Å². The van der Waals surface area contributed by atoms with Crippen LogP contribution in [0.15, 0.2) is 60.8 Å². The molecule has 10 heteroatoms. The Balaban J connectivity index is 1.68. The van der Waals surface area contributed by atoms with E-state index in [-0.39, 0.29) is 17.0 Å². The van der Waals surface area contributed by atoms with Crippen molar-refractivity contribution in [1.29, 1.82) is 0 Å². The molecule has 0 unspecified atom stereocenters. The number of carbonyl (C=O) groups excluding carboxylic acids is 2. The molecule has 0 spiro atoms. The minimum Gasteiger partial charge on any atom is -0.503 e. The molecule has 1 aromatic heterocycles. The summed E-state index contributed by atoms with van der Waals surface area (Å²) in [4.78, 5) is 28.4. The molecule has 0 bridgehead atoms. The number of halogens is 3. The molecule has 0 aliphatic rings. The summed E-state index contributed by atoms with van der Waals surface area (Å²) in [5.74, 6) is -1.72. The zero-order valence-corrected chi connectivity index (χ0v) is 16.0. The highest BCUT2D eigenvalue weighted by atomic mass is 19.4. The fraction of sp³-hybridized carbons (Fsp3) is 0.0952. The van der Waals surface area contributed by atoms with Crippen molar-refractivity contribution >= 4 is 23.2 Å². The SMILES string of the molecule is COc1ccnc(C(=O)Nc2ccc(NC(=O)c3cccc(C(F)(F)F)c3)cc2)c1O. The van der Waals surface area contributed by atoms with Gasteiger partial charge in [0.1, 0.15) is 0 Å². The molecule has 0 aliphatic heterocycles. The van der Waals surface area contributed by atoms with E-state index in [9.17, 15) is 27.9 Å². The second kappa shape index (κ2) is 8.74. The van der Waals surface area contributed by atoms with Gasteiger partial charge in [0, 0.05) is 29.2 Å². The van der Waals surface area contributed by atoms with Crippen LogP contribution in [0.25, 0.3) is 0 Å². The summed E-state index contributed by atoms with van der Waals surface area (Å²) in [6.45, 7) is 0. The van der Waals surface area contributed by atoms with Crippen molar-refractivity contribution in [2.45, 2.75) is 6.18 Å². The molecule has 3 N–H and O–H groups in total. The quantitative estimate of drug-likeness (QED) is 0.559. The second-order valence-corrected chi connectivity index (χ2v) is 6.27. The Bertz CT molecular complexity index is 1120. The number of aromatic nitrogens is 1. The summed E-state index contributed by atoms with van der Waals surface area (Å²) >= 11 is 0. The number of aromatic hydroxyl groups is 1. The summed E-state index contributed by atoms with van der Waals surface area (Å²) in [6.07, 6.45) is -3.25. The maximum absolute atomic E-state index is 12.8. The predicted molar refractivity (Wildman–Crippen MR) is 106 cm³/mol. The molecule has 3 rings (SSSR count). The van der Waals surface area contributed by atoms with Gasteiger partial charge in [0.15, 0.2) is 17.2 Å². The minimum atomic E-state index is -4.55. The molecule has 0 saturated carbocycles. The standard InChI is InChI=1S/C21H16F3N3O4/c1-31-16-9-10-25-17(18(16)28)20(30)27-15-7-5-14(6-8-15)26-19(29)12-3-2-4-13(11-12)21(22,23)24/h2-11,28H,1H3,(H,26,29)(H,27,30). The lowest BCUT2D eigenvalue weighted by Gasteiger charge is -2.11. The van der Waals surface area contributed by atoms with Crippen LogP contribution in [0.5, 0.6) is 11.5 Å². The van der Waals surface area contributed by atoms with Crippen LogP contribution in [-0.2, 0) is 6.18 Å². The number of amides is 2. The molecule has 0 atom stereocenters. The van der Waals surface area contributed by atoms with E-state index in [4.69, 9.17) is 4.74 Å². The number of methoxy groups -OCH3 is 1. The van der Waals surface area contributed by atoms with Crippen molar-refractivity contribution in [2.75, 3.05) is 17.7 Å². The monoisotopic (exact) mass is 431 g/mol. The zero-order valence-electron chi connectivity index (χ0n) is 16.0. The van der Waals surface area contributed by atoms with Crippen molar-refractivity contribution in [3.05, 3.63) is 77.6 Å². The largest absolute Gasteiger partial charge is 0.503 e. The molecule has 0 saturated heterocycles. The van der Waals surface area contributed by atoms with Crippen molar-refractivity contribution in [3.8, 4) is 11.5 Å². The minimum absolute atomic E-state index is 0.0906. The first-order chi connectivity index (χ1) is 14.7. The molecular formula is C21H16F3N3O4. The normalized spacial score (nSPS) is 11.0. The van der Waals surface area contributed by atoms with Gasteiger partial charge in [0.2, 0.25) is 0 Å². The van der Waals surface area contributed by atoms with Crippen LogP contribution in [0, 0.1) is 0 Å². The van der Waals surface area contributed by atoms with E-state index in [1.807, 2.05) is 0 Å². The average molecular weight is 431 g/mol. The van der Waals surface area contributed by atoms with E-state index in [1.54, 1.807) is 0 Å². The Morgan fingerprint density at radius 1 is 0.968 bits per heavy atom. The van der Waals surface area contributed by atoms with Gasteiger partial charge in [0.05, 0.1) is 12.7 Å². The van der Waals surface area contributed by atoms with Crippen molar-refractivity contribution in [1.82, 2.24) is 4.98 Å². The third-order valence-corrected chi connectivity index (χ3v) is 4.17. The van der Waals surface area contributed by atoms with E-state index in [2.05, 4.69) is 15.6 Å². The summed E-state index contributed by atoms with van der Waals surface area (Å²) in [5, 5.41) is 15.0. The zero-order chi connectivity index (χ0) is 22.6. The fourth-order valence-corrected chi connectivity index (χ4v) is 2.63. The summed E-state index contributed by atoms with van der Waals surface area (Å²) in [7, 11) is 1.34. The second-order valence-electron chi connectivity index (χ2n) is 6.27. The van der Waals surface area contributed by atoms with Crippen molar-refractivity contribution in [3.63, 3.8) is 0 Å². The first kappa shape index (κ1) is 21.6. The molecule has 0 aliphatic carbocycles. The Morgan fingerprint density at radius 3 is 2.16 bits per heavy atom. The van der Waals surface area contributed by atoms with Crippen LogP contribution in [-0.4, -0.2) is 29.0 Å². The summed E-state index contributed by atoms with van der Waals surface area (Å²) in [6, 6.07) is 11.3. The number of ether oxygens (including phenoxy) is 1. The average Bonchev–Trinajstić information content (AvgIpc) is 2.74. The van der Waals surface area contributed by atoms with Gasteiger partial charge in [0.25, 0.3) is 11.8 Å². The lowest BCUT2D eigenvalue weighted by Crippen LogP contribution is -2.15. The summed E-state index contributed by atoms with van der Waals surface area (Å²) < 4.78 is 43.3. The van der Waals surface area contributed by atoms with Crippen LogP contribution in [0.3, 0.4) is 0 Å². The highest BCUT2D eigenvalue weighted by Crippen LogP contribution is 2.30. The summed E-state index contributed by atoms with van der Waals surface area (Å²) in [5.41, 5.74) is -0.658. The maximum Gasteiger partial charge on any atom is 0.416 e. The van der Waals surface area contributed by atoms with Gasteiger partial charge >= 0.3 is 6.18 Å². The lowest BCUT2D eigenvalue weighted by atomic mass is 10.1. The van der Waals surface area contributed by atoms with Crippen LogP contribution >= 0.6 is 0 Å². The van der Waals surface area contributed by atoms with Gasteiger partial charge in [-0.2, -0.15) is 13.2 Å². The number of alkyl halides is 3.